The Morgan fingerprint density at radius 3 is 3.00 bits per heavy atom. The number of thioether (sulfide) groups is 1. The molecular formula is C14H22N4OS. The van der Waals surface area contributed by atoms with E-state index >= 15 is 0 Å². The number of H-pyrrole nitrogens is 1. The second-order valence-electron chi connectivity index (χ2n) is 5.64. The van der Waals surface area contributed by atoms with E-state index in [-0.39, 0.29) is 12.1 Å². The molecule has 1 aromatic heterocycles. The predicted molar refractivity (Wildman–Crippen MR) is 81.0 cm³/mol. The smallest absolute Gasteiger partial charge is 0.317 e. The van der Waals surface area contributed by atoms with Gasteiger partial charge < -0.3 is 15.2 Å². The van der Waals surface area contributed by atoms with E-state index in [9.17, 15) is 4.79 Å². The van der Waals surface area contributed by atoms with Gasteiger partial charge in [0.15, 0.2) is 0 Å². The summed E-state index contributed by atoms with van der Waals surface area (Å²) in [5, 5.41) is 3.91. The normalized spacial score (nSPS) is 23.4. The molecule has 2 amide bonds. The first-order valence-electron chi connectivity index (χ1n) is 7.35. The lowest BCUT2D eigenvalue weighted by molar-refractivity contribution is 0.182. The first-order valence-corrected chi connectivity index (χ1v) is 8.64. The lowest BCUT2D eigenvalue weighted by Gasteiger charge is -2.33. The van der Waals surface area contributed by atoms with Crippen molar-refractivity contribution in [2.75, 3.05) is 19.3 Å². The van der Waals surface area contributed by atoms with Crippen molar-refractivity contribution >= 4 is 17.8 Å². The molecule has 5 nitrogen and oxygen atoms in total. The van der Waals surface area contributed by atoms with Crippen molar-refractivity contribution < 1.29 is 4.79 Å². The minimum atomic E-state index is 0.109. The molecule has 0 radical (unpaired) electrons. The Balaban J connectivity index is 1.50. The zero-order chi connectivity index (χ0) is 13.9. The van der Waals surface area contributed by atoms with Crippen molar-refractivity contribution in [3.63, 3.8) is 0 Å². The van der Waals surface area contributed by atoms with Crippen LogP contribution in [0, 0.1) is 0 Å². The second kappa shape index (κ2) is 6.08. The first kappa shape index (κ1) is 13.8. The van der Waals surface area contributed by atoms with Crippen LogP contribution < -0.4 is 5.32 Å². The van der Waals surface area contributed by atoms with Gasteiger partial charge in [0.1, 0.15) is 0 Å². The van der Waals surface area contributed by atoms with Crippen LogP contribution in [-0.4, -0.2) is 51.5 Å². The summed E-state index contributed by atoms with van der Waals surface area (Å²) in [5.74, 6) is 0. The maximum atomic E-state index is 12.3. The summed E-state index contributed by atoms with van der Waals surface area (Å²) >= 11 is 1.92. The van der Waals surface area contributed by atoms with E-state index in [1.807, 2.05) is 16.7 Å². The second-order valence-corrected chi connectivity index (χ2v) is 6.78. The van der Waals surface area contributed by atoms with Crippen molar-refractivity contribution in [2.45, 2.75) is 43.4 Å². The number of rotatable bonds is 2. The largest absolute Gasteiger partial charge is 0.348 e. The summed E-state index contributed by atoms with van der Waals surface area (Å²) < 4.78 is 0. The monoisotopic (exact) mass is 294 g/mol. The van der Waals surface area contributed by atoms with Crippen LogP contribution in [0.3, 0.4) is 0 Å². The molecule has 1 saturated heterocycles. The van der Waals surface area contributed by atoms with Crippen molar-refractivity contribution in [3.05, 3.63) is 17.7 Å². The maximum absolute atomic E-state index is 12.3. The van der Waals surface area contributed by atoms with Crippen molar-refractivity contribution in [1.82, 2.24) is 20.2 Å². The molecule has 2 N–H and O–H groups in total. The average Bonchev–Trinajstić information content (AvgIpc) is 2.95. The minimum absolute atomic E-state index is 0.109. The van der Waals surface area contributed by atoms with Gasteiger partial charge in [0.25, 0.3) is 0 Å². The first-order chi connectivity index (χ1) is 9.76. The molecule has 2 aliphatic rings. The third-order valence-electron chi connectivity index (χ3n) is 4.38. The number of amides is 2. The Bertz CT molecular complexity index is 467. The SMILES string of the molecule is CSC1CCN(C(=O)NC2CCc3nc[nH]c3C2)CC1. The molecule has 2 heterocycles. The summed E-state index contributed by atoms with van der Waals surface area (Å²) in [6, 6.07) is 0.353. The number of aromatic nitrogens is 2. The number of urea groups is 1. The zero-order valence-electron chi connectivity index (χ0n) is 11.9. The van der Waals surface area contributed by atoms with Crippen LogP contribution >= 0.6 is 11.8 Å². The van der Waals surface area contributed by atoms with Crippen LogP contribution in [0.15, 0.2) is 6.33 Å². The lowest BCUT2D eigenvalue weighted by atomic mass is 9.96. The Labute approximate surface area is 123 Å². The number of carbonyl (C=O) groups is 1. The van der Waals surface area contributed by atoms with Crippen LogP contribution in [0.4, 0.5) is 4.79 Å². The number of aromatic amines is 1. The molecule has 1 unspecified atom stereocenters. The molecule has 20 heavy (non-hydrogen) atoms. The molecule has 1 aromatic rings. The molecular weight excluding hydrogens is 272 g/mol. The number of nitrogens with one attached hydrogen (secondary N) is 2. The molecule has 6 heteroatoms. The molecule has 110 valence electrons. The van der Waals surface area contributed by atoms with E-state index in [0.29, 0.717) is 0 Å². The fourth-order valence-corrected chi connectivity index (χ4v) is 3.77. The summed E-state index contributed by atoms with van der Waals surface area (Å²) in [6.07, 6.45) is 8.96. The number of aryl methyl sites for hydroxylation is 1. The van der Waals surface area contributed by atoms with Gasteiger partial charge in [-0.3, -0.25) is 0 Å². The van der Waals surface area contributed by atoms with E-state index in [1.54, 1.807) is 6.33 Å². The molecule has 0 saturated carbocycles. The highest BCUT2D eigenvalue weighted by molar-refractivity contribution is 7.99. The minimum Gasteiger partial charge on any atom is -0.348 e. The standard InChI is InChI=1S/C14H22N4OS/c1-20-11-4-6-18(7-5-11)14(19)17-10-2-3-12-13(8-10)16-9-15-12/h9-11H,2-8H2,1H3,(H,15,16)(H,17,19). The van der Waals surface area contributed by atoms with Gasteiger partial charge in [0.2, 0.25) is 0 Å². The van der Waals surface area contributed by atoms with Gasteiger partial charge in [-0.15, -0.1) is 0 Å². The number of carbonyl (C=O) groups excluding carboxylic acids is 1. The highest BCUT2D eigenvalue weighted by Crippen LogP contribution is 2.22. The number of fused-ring (bicyclic) bond motifs is 1. The van der Waals surface area contributed by atoms with Crippen LogP contribution in [0.2, 0.25) is 0 Å². The van der Waals surface area contributed by atoms with Crippen LogP contribution in [0.1, 0.15) is 30.7 Å². The van der Waals surface area contributed by atoms with Gasteiger partial charge >= 0.3 is 6.03 Å². The van der Waals surface area contributed by atoms with Crippen molar-refractivity contribution in [3.8, 4) is 0 Å². The van der Waals surface area contributed by atoms with E-state index in [1.165, 1.54) is 5.69 Å². The van der Waals surface area contributed by atoms with Crippen LogP contribution in [0.5, 0.6) is 0 Å². The van der Waals surface area contributed by atoms with Gasteiger partial charge in [-0.1, -0.05) is 0 Å². The third-order valence-corrected chi connectivity index (χ3v) is 5.52. The van der Waals surface area contributed by atoms with Gasteiger partial charge in [0, 0.05) is 36.5 Å². The van der Waals surface area contributed by atoms with Gasteiger partial charge in [-0.05, 0) is 31.9 Å². The number of nitrogens with zero attached hydrogens (tertiary/aromatic N) is 2. The van der Waals surface area contributed by atoms with Gasteiger partial charge in [0.05, 0.1) is 12.0 Å². The fraction of sp³-hybridized carbons (Fsp3) is 0.714. The highest BCUT2D eigenvalue weighted by atomic mass is 32.2. The van der Waals surface area contributed by atoms with Gasteiger partial charge in [-0.25, -0.2) is 9.78 Å². The highest BCUT2D eigenvalue weighted by Gasteiger charge is 2.26. The van der Waals surface area contributed by atoms with Gasteiger partial charge in [-0.2, -0.15) is 11.8 Å². The number of likely N-dealkylation sites (tertiary alicyclic amines) is 1. The quantitative estimate of drug-likeness (QED) is 0.874. The van der Waals surface area contributed by atoms with Crippen molar-refractivity contribution in [2.24, 2.45) is 0 Å². The Hall–Kier alpha value is -1.17. The fourth-order valence-electron chi connectivity index (χ4n) is 3.08. The molecule has 1 aliphatic carbocycles. The summed E-state index contributed by atoms with van der Waals surface area (Å²) in [7, 11) is 0. The Kier molecular flexibility index (Phi) is 4.19. The van der Waals surface area contributed by atoms with Crippen molar-refractivity contribution in [1.29, 1.82) is 0 Å². The van der Waals surface area contributed by atoms with E-state index in [4.69, 9.17) is 0 Å². The average molecular weight is 294 g/mol. The number of piperidine rings is 1. The summed E-state index contributed by atoms with van der Waals surface area (Å²) in [5.41, 5.74) is 2.35. The number of hydrogen-bond donors (Lipinski definition) is 2. The van der Waals surface area contributed by atoms with Crippen LogP contribution in [0.25, 0.3) is 0 Å². The van der Waals surface area contributed by atoms with E-state index < -0.39 is 0 Å². The maximum Gasteiger partial charge on any atom is 0.317 e. The predicted octanol–water partition coefficient (Wildman–Crippen LogP) is 1.80. The Morgan fingerprint density at radius 1 is 1.45 bits per heavy atom. The molecule has 1 fully saturated rings. The molecule has 0 bridgehead atoms. The van der Waals surface area contributed by atoms with E-state index in [0.717, 1.165) is 56.1 Å². The molecule has 0 spiro atoms. The van der Waals surface area contributed by atoms with E-state index in [2.05, 4.69) is 21.5 Å². The van der Waals surface area contributed by atoms with Crippen LogP contribution in [-0.2, 0) is 12.8 Å². The summed E-state index contributed by atoms with van der Waals surface area (Å²) in [4.78, 5) is 21.7. The summed E-state index contributed by atoms with van der Waals surface area (Å²) in [6.45, 7) is 1.78. The Morgan fingerprint density at radius 2 is 2.25 bits per heavy atom. The molecule has 0 aromatic carbocycles. The number of hydrogen-bond acceptors (Lipinski definition) is 3. The topological polar surface area (TPSA) is 61.0 Å². The molecule has 3 rings (SSSR count). The molecule has 1 atom stereocenters. The number of imidazole rings is 1. The molecule has 1 aliphatic heterocycles. The lowest BCUT2D eigenvalue weighted by Crippen LogP contribution is -2.49. The third kappa shape index (κ3) is 2.95. The zero-order valence-corrected chi connectivity index (χ0v) is 12.7.